The SMILES string of the molecule is C[C@@H](Oc1nc(-c2cnn(CCF)c2)cc2ncn(C)c12)C1CNC(=O)C1. The summed E-state index contributed by atoms with van der Waals surface area (Å²) >= 11 is 0. The van der Waals surface area contributed by atoms with Crippen molar-refractivity contribution in [2.75, 3.05) is 13.2 Å². The van der Waals surface area contributed by atoms with E-state index in [1.54, 1.807) is 23.4 Å². The average Bonchev–Trinajstić information content (AvgIpc) is 3.36. The molecule has 3 aromatic heterocycles. The molecule has 1 N–H and O–H groups in total. The van der Waals surface area contributed by atoms with Crippen molar-refractivity contribution in [3.63, 3.8) is 0 Å². The van der Waals surface area contributed by atoms with Gasteiger partial charge in [-0.15, -0.1) is 0 Å². The van der Waals surface area contributed by atoms with E-state index in [-0.39, 0.29) is 24.5 Å². The first kappa shape index (κ1) is 17.4. The number of nitrogens with one attached hydrogen (secondary N) is 1. The highest BCUT2D eigenvalue weighted by molar-refractivity contribution is 5.84. The van der Waals surface area contributed by atoms with Gasteiger partial charge in [0, 0.05) is 37.7 Å². The summed E-state index contributed by atoms with van der Waals surface area (Å²) in [4.78, 5) is 20.6. The second-order valence-electron chi connectivity index (χ2n) is 6.81. The summed E-state index contributed by atoms with van der Waals surface area (Å²) in [5.41, 5.74) is 2.97. The van der Waals surface area contributed by atoms with Crippen LogP contribution in [-0.2, 0) is 18.4 Å². The van der Waals surface area contributed by atoms with Crippen LogP contribution in [0.2, 0.25) is 0 Å². The van der Waals surface area contributed by atoms with Crippen molar-refractivity contribution in [3.05, 3.63) is 24.8 Å². The lowest BCUT2D eigenvalue weighted by molar-refractivity contribution is -0.119. The van der Waals surface area contributed by atoms with Crippen LogP contribution in [-0.4, -0.2) is 49.5 Å². The predicted octanol–water partition coefficient (Wildman–Crippen LogP) is 1.70. The third-order valence-corrected chi connectivity index (χ3v) is 4.88. The molecule has 0 saturated carbocycles. The van der Waals surface area contributed by atoms with Gasteiger partial charge in [-0.2, -0.15) is 5.10 Å². The van der Waals surface area contributed by atoms with E-state index in [4.69, 9.17) is 4.74 Å². The number of ether oxygens (including phenoxy) is 1. The molecular weight excluding hydrogens is 351 g/mol. The lowest BCUT2D eigenvalue weighted by atomic mass is 10.0. The molecule has 1 unspecified atom stereocenters. The zero-order valence-corrected chi connectivity index (χ0v) is 15.2. The molecule has 0 aliphatic carbocycles. The highest BCUT2D eigenvalue weighted by Crippen LogP contribution is 2.30. The number of halogens is 1. The molecule has 142 valence electrons. The minimum Gasteiger partial charge on any atom is -0.473 e. The molecule has 1 aliphatic rings. The van der Waals surface area contributed by atoms with E-state index >= 15 is 0 Å². The van der Waals surface area contributed by atoms with E-state index in [0.29, 0.717) is 24.5 Å². The number of nitrogens with zero attached hydrogens (tertiary/aromatic N) is 5. The number of hydrogen-bond acceptors (Lipinski definition) is 5. The molecule has 0 bridgehead atoms. The van der Waals surface area contributed by atoms with Crippen LogP contribution >= 0.6 is 0 Å². The van der Waals surface area contributed by atoms with Gasteiger partial charge in [-0.1, -0.05) is 0 Å². The number of rotatable bonds is 6. The molecule has 2 atom stereocenters. The Bertz CT molecular complexity index is 982. The van der Waals surface area contributed by atoms with Gasteiger partial charge in [0.05, 0.1) is 30.3 Å². The van der Waals surface area contributed by atoms with E-state index in [9.17, 15) is 9.18 Å². The standard InChI is InChI=1S/C18H21FN6O2/c1-11(12-5-16(26)20-7-12)27-18-17-15(21-10-24(17)2)6-14(23-18)13-8-22-25(9-13)4-3-19/h6,8-12H,3-5,7H2,1-2H3,(H,20,26)/t11-,12?/m1/s1. The first-order valence-electron chi connectivity index (χ1n) is 8.89. The van der Waals surface area contributed by atoms with E-state index < -0.39 is 6.67 Å². The Balaban J connectivity index is 1.69. The number of alkyl halides is 1. The summed E-state index contributed by atoms with van der Waals surface area (Å²) in [5.74, 6) is 0.606. The molecule has 4 rings (SSSR count). The fraction of sp³-hybridized carbons (Fsp3) is 0.444. The molecule has 0 spiro atoms. The van der Waals surface area contributed by atoms with Crippen LogP contribution in [0.5, 0.6) is 5.88 Å². The number of carbonyl (C=O) groups is 1. The van der Waals surface area contributed by atoms with Gasteiger partial charge in [0.1, 0.15) is 18.3 Å². The summed E-state index contributed by atoms with van der Waals surface area (Å²) in [6, 6.07) is 1.87. The highest BCUT2D eigenvalue weighted by Gasteiger charge is 2.29. The van der Waals surface area contributed by atoms with Crippen molar-refractivity contribution in [2.24, 2.45) is 13.0 Å². The van der Waals surface area contributed by atoms with Gasteiger partial charge < -0.3 is 14.6 Å². The number of fused-ring (bicyclic) bond motifs is 1. The Morgan fingerprint density at radius 1 is 1.48 bits per heavy atom. The highest BCUT2D eigenvalue weighted by atomic mass is 19.1. The summed E-state index contributed by atoms with van der Waals surface area (Å²) < 4.78 is 22.1. The van der Waals surface area contributed by atoms with Crippen molar-refractivity contribution in [1.82, 2.24) is 29.6 Å². The predicted molar refractivity (Wildman–Crippen MR) is 96.9 cm³/mol. The summed E-state index contributed by atoms with van der Waals surface area (Å²) in [6.07, 6.45) is 5.38. The van der Waals surface area contributed by atoms with Crippen molar-refractivity contribution < 1.29 is 13.9 Å². The number of carbonyl (C=O) groups excluding carboxylic acids is 1. The first-order chi connectivity index (χ1) is 13.0. The lowest BCUT2D eigenvalue weighted by Gasteiger charge is -2.20. The third-order valence-electron chi connectivity index (χ3n) is 4.88. The number of pyridine rings is 1. The lowest BCUT2D eigenvalue weighted by Crippen LogP contribution is -2.26. The van der Waals surface area contributed by atoms with Gasteiger partial charge in [-0.25, -0.2) is 14.4 Å². The number of imidazole rings is 1. The monoisotopic (exact) mass is 372 g/mol. The fourth-order valence-corrected chi connectivity index (χ4v) is 3.30. The molecule has 0 aromatic carbocycles. The van der Waals surface area contributed by atoms with Gasteiger partial charge >= 0.3 is 0 Å². The van der Waals surface area contributed by atoms with Crippen LogP contribution in [0.3, 0.4) is 0 Å². The maximum Gasteiger partial charge on any atom is 0.241 e. The first-order valence-corrected chi connectivity index (χ1v) is 8.89. The van der Waals surface area contributed by atoms with Crippen molar-refractivity contribution in [2.45, 2.75) is 26.0 Å². The zero-order valence-electron chi connectivity index (χ0n) is 15.2. The molecule has 0 radical (unpaired) electrons. The molecular formula is C18H21FN6O2. The number of aryl methyl sites for hydroxylation is 2. The van der Waals surface area contributed by atoms with Crippen LogP contribution in [0, 0.1) is 5.92 Å². The van der Waals surface area contributed by atoms with Gasteiger partial charge in [0.2, 0.25) is 11.8 Å². The molecule has 1 fully saturated rings. The van der Waals surface area contributed by atoms with Gasteiger partial charge in [0.25, 0.3) is 0 Å². The van der Waals surface area contributed by atoms with Crippen LogP contribution < -0.4 is 10.1 Å². The van der Waals surface area contributed by atoms with Gasteiger partial charge in [0.15, 0.2) is 0 Å². The quantitative estimate of drug-likeness (QED) is 0.712. The number of hydrogen-bond donors (Lipinski definition) is 1. The molecule has 1 amide bonds. The molecule has 1 aliphatic heterocycles. The average molecular weight is 372 g/mol. The van der Waals surface area contributed by atoms with Crippen LogP contribution in [0.25, 0.3) is 22.3 Å². The van der Waals surface area contributed by atoms with Crippen LogP contribution in [0.15, 0.2) is 24.8 Å². The van der Waals surface area contributed by atoms with Gasteiger partial charge in [-0.3, -0.25) is 9.48 Å². The molecule has 4 heterocycles. The smallest absolute Gasteiger partial charge is 0.241 e. The van der Waals surface area contributed by atoms with Crippen LogP contribution in [0.1, 0.15) is 13.3 Å². The summed E-state index contributed by atoms with van der Waals surface area (Å²) in [6.45, 7) is 2.27. The van der Waals surface area contributed by atoms with E-state index in [1.807, 2.05) is 24.6 Å². The van der Waals surface area contributed by atoms with E-state index in [2.05, 4.69) is 20.4 Å². The summed E-state index contributed by atoms with van der Waals surface area (Å²) in [7, 11) is 1.88. The Morgan fingerprint density at radius 3 is 3.07 bits per heavy atom. The minimum absolute atomic E-state index is 0.0446. The Hall–Kier alpha value is -2.97. The minimum atomic E-state index is -0.478. The third kappa shape index (κ3) is 3.36. The maximum absolute atomic E-state index is 12.5. The Kier molecular flexibility index (Phi) is 4.51. The molecule has 3 aromatic rings. The maximum atomic E-state index is 12.5. The molecule has 9 heteroatoms. The van der Waals surface area contributed by atoms with Crippen LogP contribution in [0.4, 0.5) is 4.39 Å². The largest absolute Gasteiger partial charge is 0.473 e. The van der Waals surface area contributed by atoms with E-state index in [1.165, 1.54) is 0 Å². The van der Waals surface area contributed by atoms with Crippen molar-refractivity contribution in [1.29, 1.82) is 0 Å². The normalized spacial score (nSPS) is 18.0. The zero-order chi connectivity index (χ0) is 19.0. The second kappa shape index (κ2) is 6.98. The molecule has 27 heavy (non-hydrogen) atoms. The Morgan fingerprint density at radius 2 is 2.33 bits per heavy atom. The summed E-state index contributed by atoms with van der Waals surface area (Å²) in [5, 5.41) is 6.99. The van der Waals surface area contributed by atoms with Crippen molar-refractivity contribution in [3.8, 4) is 17.1 Å². The topological polar surface area (TPSA) is 86.9 Å². The van der Waals surface area contributed by atoms with Gasteiger partial charge in [-0.05, 0) is 13.0 Å². The molecule has 1 saturated heterocycles. The fourth-order valence-electron chi connectivity index (χ4n) is 3.30. The van der Waals surface area contributed by atoms with E-state index in [0.717, 1.165) is 16.6 Å². The number of amides is 1. The van der Waals surface area contributed by atoms with Crippen molar-refractivity contribution >= 4 is 16.9 Å². The number of aromatic nitrogens is 5. The second-order valence-corrected chi connectivity index (χ2v) is 6.81. The Labute approximate surface area is 155 Å². The molecule has 8 nitrogen and oxygen atoms in total.